The van der Waals surface area contributed by atoms with Crippen LogP contribution >= 0.6 is 0 Å². The molecule has 1 aliphatic heterocycles. The van der Waals surface area contributed by atoms with Crippen LogP contribution in [0.15, 0.2) is 0 Å². The monoisotopic (exact) mass is 223 g/mol. The molecule has 2 heteroatoms. The van der Waals surface area contributed by atoms with Gasteiger partial charge in [0.25, 0.3) is 0 Å². The Morgan fingerprint density at radius 3 is 2.50 bits per heavy atom. The van der Waals surface area contributed by atoms with Gasteiger partial charge in [-0.05, 0) is 74.8 Å². The molecule has 0 aromatic heterocycles. The number of nitrogens with one attached hydrogen (secondary N) is 1. The molecule has 1 heterocycles. The molecule has 0 amide bonds. The lowest BCUT2D eigenvalue weighted by molar-refractivity contribution is 0.0522. The van der Waals surface area contributed by atoms with Gasteiger partial charge in [0.05, 0.1) is 0 Å². The first-order valence-corrected chi connectivity index (χ1v) is 7.13. The molecule has 2 bridgehead atoms. The number of aliphatic hydroxyl groups excluding tert-OH is 1. The highest BCUT2D eigenvalue weighted by atomic mass is 16.3. The number of rotatable bonds is 3. The van der Waals surface area contributed by atoms with E-state index in [0.717, 1.165) is 30.8 Å². The standard InChI is InChI=1S/C14H25NO/c16-10-14(3-5-15-6-4-14)9-13-8-11-1-2-12(13)7-11/h11-13,15-16H,1-10H2. The largest absolute Gasteiger partial charge is 0.396 e. The Kier molecular flexibility index (Phi) is 2.97. The van der Waals surface area contributed by atoms with E-state index in [4.69, 9.17) is 0 Å². The molecule has 0 aromatic carbocycles. The van der Waals surface area contributed by atoms with E-state index >= 15 is 0 Å². The van der Waals surface area contributed by atoms with Gasteiger partial charge in [0.1, 0.15) is 0 Å². The fourth-order valence-corrected chi connectivity index (χ4v) is 4.57. The Hall–Kier alpha value is -0.0800. The fraction of sp³-hybridized carbons (Fsp3) is 1.00. The van der Waals surface area contributed by atoms with Crippen LogP contribution in [-0.4, -0.2) is 24.8 Å². The summed E-state index contributed by atoms with van der Waals surface area (Å²) >= 11 is 0. The molecule has 2 N–H and O–H groups in total. The zero-order valence-electron chi connectivity index (χ0n) is 10.3. The average molecular weight is 223 g/mol. The van der Waals surface area contributed by atoms with E-state index < -0.39 is 0 Å². The number of hydrogen-bond acceptors (Lipinski definition) is 2. The van der Waals surface area contributed by atoms with Crippen LogP contribution in [0.5, 0.6) is 0 Å². The average Bonchev–Trinajstić information content (AvgIpc) is 2.92. The maximum atomic E-state index is 9.74. The van der Waals surface area contributed by atoms with Gasteiger partial charge in [-0.3, -0.25) is 0 Å². The van der Waals surface area contributed by atoms with Crippen molar-refractivity contribution in [1.82, 2.24) is 5.32 Å². The van der Waals surface area contributed by atoms with Gasteiger partial charge in [-0.1, -0.05) is 6.42 Å². The van der Waals surface area contributed by atoms with Gasteiger partial charge in [0.2, 0.25) is 0 Å². The second-order valence-corrected chi connectivity index (χ2v) is 6.55. The summed E-state index contributed by atoms with van der Waals surface area (Å²) in [6.07, 6.45) is 9.65. The first kappa shape index (κ1) is 11.0. The molecule has 3 atom stereocenters. The van der Waals surface area contributed by atoms with Crippen molar-refractivity contribution in [2.45, 2.75) is 44.9 Å². The highest BCUT2D eigenvalue weighted by Crippen LogP contribution is 2.52. The number of fused-ring (bicyclic) bond motifs is 2. The Morgan fingerprint density at radius 1 is 1.12 bits per heavy atom. The van der Waals surface area contributed by atoms with Crippen LogP contribution in [0.2, 0.25) is 0 Å². The molecule has 3 unspecified atom stereocenters. The predicted molar refractivity (Wildman–Crippen MR) is 65.2 cm³/mol. The van der Waals surface area contributed by atoms with Crippen molar-refractivity contribution >= 4 is 0 Å². The molecule has 1 saturated heterocycles. The quantitative estimate of drug-likeness (QED) is 0.768. The van der Waals surface area contributed by atoms with Crippen LogP contribution in [0.4, 0.5) is 0 Å². The van der Waals surface area contributed by atoms with Crippen molar-refractivity contribution in [3.63, 3.8) is 0 Å². The van der Waals surface area contributed by atoms with Crippen LogP contribution in [0.25, 0.3) is 0 Å². The van der Waals surface area contributed by atoms with Gasteiger partial charge < -0.3 is 10.4 Å². The van der Waals surface area contributed by atoms with E-state index in [1.807, 2.05) is 0 Å². The SMILES string of the molecule is OCC1(CC2CC3CCC2C3)CCNCC1. The van der Waals surface area contributed by atoms with Crippen molar-refractivity contribution in [1.29, 1.82) is 0 Å². The summed E-state index contributed by atoms with van der Waals surface area (Å²) in [5.74, 6) is 3.01. The molecule has 0 spiro atoms. The van der Waals surface area contributed by atoms with Gasteiger partial charge in [0, 0.05) is 6.61 Å². The van der Waals surface area contributed by atoms with Crippen molar-refractivity contribution in [2.75, 3.05) is 19.7 Å². The number of aliphatic hydroxyl groups is 1. The predicted octanol–water partition coefficient (Wildman–Crippen LogP) is 2.17. The summed E-state index contributed by atoms with van der Waals surface area (Å²) in [4.78, 5) is 0. The second-order valence-electron chi connectivity index (χ2n) is 6.55. The summed E-state index contributed by atoms with van der Waals surface area (Å²) in [5, 5.41) is 13.2. The third-order valence-corrected chi connectivity index (χ3v) is 5.58. The Balaban J connectivity index is 1.63. The number of piperidine rings is 1. The number of hydrogen-bond donors (Lipinski definition) is 2. The van der Waals surface area contributed by atoms with Gasteiger partial charge in [-0.2, -0.15) is 0 Å². The van der Waals surface area contributed by atoms with Crippen molar-refractivity contribution in [3.05, 3.63) is 0 Å². The Morgan fingerprint density at radius 2 is 1.94 bits per heavy atom. The Bertz CT molecular complexity index is 247. The van der Waals surface area contributed by atoms with Crippen LogP contribution in [0, 0.1) is 23.2 Å². The molecule has 2 nitrogen and oxygen atoms in total. The minimum Gasteiger partial charge on any atom is -0.396 e. The fourth-order valence-electron chi connectivity index (χ4n) is 4.57. The molecular formula is C14H25NO. The van der Waals surface area contributed by atoms with Crippen LogP contribution < -0.4 is 5.32 Å². The van der Waals surface area contributed by atoms with Gasteiger partial charge in [-0.15, -0.1) is 0 Å². The highest BCUT2D eigenvalue weighted by Gasteiger charge is 2.43. The van der Waals surface area contributed by atoms with E-state index in [0.29, 0.717) is 6.61 Å². The van der Waals surface area contributed by atoms with E-state index in [-0.39, 0.29) is 5.41 Å². The summed E-state index contributed by atoms with van der Waals surface area (Å²) in [7, 11) is 0. The molecule has 3 fully saturated rings. The maximum Gasteiger partial charge on any atom is 0.0488 e. The molecule has 92 valence electrons. The van der Waals surface area contributed by atoms with Crippen LogP contribution in [0.3, 0.4) is 0 Å². The summed E-state index contributed by atoms with van der Waals surface area (Å²) in [6.45, 7) is 2.64. The first-order chi connectivity index (χ1) is 7.81. The molecule has 16 heavy (non-hydrogen) atoms. The van der Waals surface area contributed by atoms with Crippen molar-refractivity contribution in [2.24, 2.45) is 23.2 Å². The van der Waals surface area contributed by atoms with E-state index in [1.165, 1.54) is 44.9 Å². The summed E-state index contributed by atoms with van der Waals surface area (Å²) in [5.41, 5.74) is 0.278. The lowest BCUT2D eigenvalue weighted by Gasteiger charge is -2.39. The second kappa shape index (κ2) is 4.30. The molecular weight excluding hydrogens is 198 g/mol. The minimum absolute atomic E-state index is 0.278. The van der Waals surface area contributed by atoms with E-state index in [2.05, 4.69) is 5.32 Å². The highest BCUT2D eigenvalue weighted by molar-refractivity contribution is 4.95. The smallest absolute Gasteiger partial charge is 0.0488 e. The zero-order chi connectivity index (χ0) is 11.0. The van der Waals surface area contributed by atoms with Gasteiger partial charge >= 0.3 is 0 Å². The lowest BCUT2D eigenvalue weighted by Crippen LogP contribution is -2.41. The van der Waals surface area contributed by atoms with Gasteiger partial charge in [0.15, 0.2) is 0 Å². The topological polar surface area (TPSA) is 32.3 Å². The minimum atomic E-state index is 0.278. The van der Waals surface area contributed by atoms with E-state index in [1.54, 1.807) is 0 Å². The van der Waals surface area contributed by atoms with Crippen LogP contribution in [-0.2, 0) is 0 Å². The summed E-state index contributed by atoms with van der Waals surface area (Å²) < 4.78 is 0. The summed E-state index contributed by atoms with van der Waals surface area (Å²) in [6, 6.07) is 0. The maximum absolute atomic E-state index is 9.74. The molecule has 2 aliphatic carbocycles. The van der Waals surface area contributed by atoms with Crippen LogP contribution in [0.1, 0.15) is 44.9 Å². The molecule has 2 saturated carbocycles. The van der Waals surface area contributed by atoms with Crippen molar-refractivity contribution < 1.29 is 5.11 Å². The van der Waals surface area contributed by atoms with Gasteiger partial charge in [-0.25, -0.2) is 0 Å². The zero-order valence-corrected chi connectivity index (χ0v) is 10.3. The molecule has 0 radical (unpaired) electrons. The normalized spacial score (nSPS) is 41.4. The molecule has 0 aromatic rings. The Labute approximate surface area is 98.8 Å². The third-order valence-electron chi connectivity index (χ3n) is 5.58. The third kappa shape index (κ3) is 1.91. The lowest BCUT2D eigenvalue weighted by atomic mass is 9.70. The van der Waals surface area contributed by atoms with E-state index in [9.17, 15) is 5.11 Å². The van der Waals surface area contributed by atoms with Crippen molar-refractivity contribution in [3.8, 4) is 0 Å². The molecule has 3 rings (SSSR count). The first-order valence-electron chi connectivity index (χ1n) is 7.13. The molecule has 3 aliphatic rings.